The number of halogens is 1. The van der Waals surface area contributed by atoms with E-state index in [2.05, 4.69) is 10.7 Å². The van der Waals surface area contributed by atoms with Gasteiger partial charge in [0.05, 0.1) is 5.03 Å². The molecule has 2 rings (SSSR count). The van der Waals surface area contributed by atoms with Gasteiger partial charge in [-0.3, -0.25) is 10.2 Å². The van der Waals surface area contributed by atoms with Gasteiger partial charge < -0.3 is 10.2 Å². The molecule has 6 heteroatoms. The van der Waals surface area contributed by atoms with Crippen molar-refractivity contribution in [2.75, 3.05) is 0 Å². The van der Waals surface area contributed by atoms with Gasteiger partial charge >= 0.3 is 0 Å². The number of nitrogens with one attached hydrogen (secondary N) is 2. The van der Waals surface area contributed by atoms with Gasteiger partial charge in [0.1, 0.15) is 11.9 Å². The Bertz CT molecular complexity index is 399. The van der Waals surface area contributed by atoms with Gasteiger partial charge in [-0.2, -0.15) is 0 Å². The molecule has 0 aliphatic carbocycles. The van der Waals surface area contributed by atoms with E-state index in [0.29, 0.717) is 10.7 Å². The average Bonchev–Trinajstić information content (AvgIpc) is 2.52. The van der Waals surface area contributed by atoms with Crippen LogP contribution in [-0.2, 0) is 4.79 Å². The lowest BCUT2D eigenvalue weighted by Crippen LogP contribution is -2.39. The lowest BCUT2D eigenvalue weighted by Gasteiger charge is -2.25. The third-order valence-corrected chi connectivity index (χ3v) is 2.55. The molecule has 1 atom stereocenters. The minimum Gasteiger partial charge on any atom is -0.363 e. The van der Waals surface area contributed by atoms with E-state index in [1.807, 2.05) is 13.0 Å². The third kappa shape index (κ3) is 1.60. The Morgan fingerprint density at radius 2 is 2.47 bits per heavy atom. The van der Waals surface area contributed by atoms with Crippen molar-refractivity contribution < 1.29 is 4.79 Å². The van der Waals surface area contributed by atoms with Crippen LogP contribution < -0.4 is 16.6 Å². The maximum absolute atomic E-state index is 11.5. The summed E-state index contributed by atoms with van der Waals surface area (Å²) in [6.07, 6.45) is 5.30. The van der Waals surface area contributed by atoms with Gasteiger partial charge in [-0.15, -0.1) is 0 Å². The molecule has 0 fully saturated rings. The number of rotatable bonds is 1. The summed E-state index contributed by atoms with van der Waals surface area (Å²) in [7, 11) is 0. The molecular weight excluding hydrogens is 216 g/mol. The van der Waals surface area contributed by atoms with E-state index in [4.69, 9.17) is 17.4 Å². The normalized spacial score (nSPS) is 23.5. The quantitative estimate of drug-likeness (QED) is 0.337. The van der Waals surface area contributed by atoms with E-state index in [9.17, 15) is 4.79 Å². The largest absolute Gasteiger partial charge is 0.363 e. The average molecular weight is 227 g/mol. The van der Waals surface area contributed by atoms with Crippen molar-refractivity contribution in [1.29, 1.82) is 0 Å². The summed E-state index contributed by atoms with van der Waals surface area (Å²) < 4.78 is 0. The highest BCUT2D eigenvalue weighted by Gasteiger charge is 2.32. The first-order chi connectivity index (χ1) is 7.13. The Kier molecular flexibility index (Phi) is 2.42. The van der Waals surface area contributed by atoms with Gasteiger partial charge in [-0.25, -0.2) is 5.84 Å². The van der Waals surface area contributed by atoms with E-state index in [1.165, 1.54) is 0 Å². The Morgan fingerprint density at radius 1 is 1.73 bits per heavy atom. The summed E-state index contributed by atoms with van der Waals surface area (Å²) in [6, 6.07) is 0. The van der Waals surface area contributed by atoms with Crippen LogP contribution in [0.3, 0.4) is 0 Å². The van der Waals surface area contributed by atoms with Crippen LogP contribution in [0.5, 0.6) is 0 Å². The molecule has 0 aromatic heterocycles. The fourth-order valence-electron chi connectivity index (χ4n) is 1.69. The highest BCUT2D eigenvalue weighted by atomic mass is 35.5. The molecule has 0 spiro atoms. The van der Waals surface area contributed by atoms with Crippen molar-refractivity contribution in [3.8, 4) is 0 Å². The molecule has 0 unspecified atom stereocenters. The first-order valence-corrected chi connectivity index (χ1v) is 4.83. The number of nitrogens with two attached hydrogens (primary N) is 1. The van der Waals surface area contributed by atoms with Crippen molar-refractivity contribution >= 4 is 17.5 Å². The number of nitrogens with zero attached hydrogens (tertiary/aromatic N) is 1. The summed E-state index contributed by atoms with van der Waals surface area (Å²) in [4.78, 5) is 13.3. The molecule has 5 nitrogen and oxygen atoms in total. The van der Waals surface area contributed by atoms with Crippen LogP contribution in [0.25, 0.3) is 0 Å². The predicted molar refractivity (Wildman–Crippen MR) is 56.9 cm³/mol. The molecule has 0 aromatic carbocycles. The second kappa shape index (κ2) is 3.60. The van der Waals surface area contributed by atoms with Crippen LogP contribution in [-0.4, -0.2) is 17.0 Å². The monoisotopic (exact) mass is 226 g/mol. The zero-order valence-electron chi connectivity index (χ0n) is 8.12. The van der Waals surface area contributed by atoms with Crippen LogP contribution in [0.1, 0.15) is 6.92 Å². The summed E-state index contributed by atoms with van der Waals surface area (Å²) in [5.41, 5.74) is 3.37. The number of carbonyl (C=O) groups excluding carboxylic acids is 1. The Morgan fingerprint density at radius 3 is 3.13 bits per heavy atom. The van der Waals surface area contributed by atoms with E-state index in [0.717, 1.165) is 5.70 Å². The standard InChI is InChI=1S/C9H11ClN4O/c1-5-8(9(15)13-11)14-4-6(10)2-3-7(14)12-5/h2-4,7,12H,11H2,1H3,(H,13,15)/t7-/m1/s1. The van der Waals surface area contributed by atoms with Gasteiger partial charge in [0.2, 0.25) is 0 Å². The zero-order chi connectivity index (χ0) is 11.0. The van der Waals surface area contributed by atoms with Gasteiger partial charge in [0.25, 0.3) is 5.91 Å². The van der Waals surface area contributed by atoms with Gasteiger partial charge in [-0.1, -0.05) is 11.6 Å². The smallest absolute Gasteiger partial charge is 0.283 e. The molecule has 0 saturated heterocycles. The minimum atomic E-state index is -0.335. The SMILES string of the molecule is CC1=C(C(=O)NN)N2C=C(Cl)C=C[C@@H]2N1. The van der Waals surface area contributed by atoms with Gasteiger partial charge in [-0.05, 0) is 19.1 Å². The molecule has 80 valence electrons. The molecule has 1 amide bonds. The fraction of sp³-hybridized carbons (Fsp3) is 0.222. The molecule has 0 saturated carbocycles. The molecule has 2 aliphatic heterocycles. The molecule has 4 N–H and O–H groups in total. The molecular formula is C9H11ClN4O. The number of fused-ring (bicyclic) bond motifs is 1. The van der Waals surface area contributed by atoms with Crippen molar-refractivity contribution in [2.24, 2.45) is 5.84 Å². The first-order valence-electron chi connectivity index (χ1n) is 4.45. The first kappa shape index (κ1) is 10.1. The summed E-state index contributed by atoms with van der Waals surface area (Å²) in [6.45, 7) is 1.82. The van der Waals surface area contributed by atoms with E-state index in [-0.39, 0.29) is 12.1 Å². The fourth-order valence-corrected chi connectivity index (χ4v) is 1.87. The molecule has 0 bridgehead atoms. The van der Waals surface area contributed by atoms with E-state index in [1.54, 1.807) is 17.2 Å². The van der Waals surface area contributed by atoms with E-state index >= 15 is 0 Å². The van der Waals surface area contributed by atoms with Crippen molar-refractivity contribution in [1.82, 2.24) is 15.6 Å². The van der Waals surface area contributed by atoms with Crippen LogP contribution in [0.4, 0.5) is 0 Å². The van der Waals surface area contributed by atoms with Gasteiger partial charge in [0, 0.05) is 11.9 Å². The van der Waals surface area contributed by atoms with Crippen molar-refractivity contribution in [3.05, 3.63) is 34.8 Å². The summed E-state index contributed by atoms with van der Waals surface area (Å²) in [5.74, 6) is 4.78. The molecule has 0 radical (unpaired) electrons. The molecule has 2 heterocycles. The number of allylic oxidation sites excluding steroid dienone is 3. The van der Waals surface area contributed by atoms with Gasteiger partial charge in [0.15, 0.2) is 0 Å². The van der Waals surface area contributed by atoms with Crippen molar-refractivity contribution in [2.45, 2.75) is 13.1 Å². The van der Waals surface area contributed by atoms with Crippen LogP contribution in [0.2, 0.25) is 0 Å². The molecule has 15 heavy (non-hydrogen) atoms. The number of carbonyl (C=O) groups is 1. The lowest BCUT2D eigenvalue weighted by molar-refractivity contribution is -0.118. The summed E-state index contributed by atoms with van der Waals surface area (Å²) in [5, 5.41) is 3.71. The second-order valence-electron chi connectivity index (χ2n) is 3.32. The maximum atomic E-state index is 11.5. The number of hydrogen-bond donors (Lipinski definition) is 3. The predicted octanol–water partition coefficient (Wildman–Crippen LogP) is 0.0891. The number of hydrogen-bond acceptors (Lipinski definition) is 4. The topological polar surface area (TPSA) is 70.4 Å². The third-order valence-electron chi connectivity index (χ3n) is 2.32. The lowest BCUT2D eigenvalue weighted by atomic mass is 10.3. The highest BCUT2D eigenvalue weighted by Crippen LogP contribution is 2.26. The molecule has 2 aliphatic rings. The van der Waals surface area contributed by atoms with Crippen LogP contribution in [0, 0.1) is 0 Å². The highest BCUT2D eigenvalue weighted by molar-refractivity contribution is 6.31. The van der Waals surface area contributed by atoms with Crippen LogP contribution >= 0.6 is 11.6 Å². The Hall–Kier alpha value is -1.46. The van der Waals surface area contributed by atoms with E-state index < -0.39 is 0 Å². The zero-order valence-corrected chi connectivity index (χ0v) is 8.88. The summed E-state index contributed by atoms with van der Waals surface area (Å²) >= 11 is 5.86. The number of amides is 1. The second-order valence-corrected chi connectivity index (χ2v) is 3.75. The number of hydrazine groups is 1. The van der Waals surface area contributed by atoms with Crippen LogP contribution in [0.15, 0.2) is 34.8 Å². The Labute approximate surface area is 92.2 Å². The molecule has 0 aromatic rings. The minimum absolute atomic E-state index is 0.0557. The maximum Gasteiger partial charge on any atom is 0.283 e. The van der Waals surface area contributed by atoms with Crippen molar-refractivity contribution in [3.63, 3.8) is 0 Å². The Balaban J connectivity index is 2.35.